The van der Waals surface area contributed by atoms with E-state index < -0.39 is 0 Å². The molecule has 0 heterocycles. The number of aryl methyl sites for hydroxylation is 2. The van der Waals surface area contributed by atoms with Crippen molar-refractivity contribution in [2.45, 2.75) is 52.4 Å². The maximum atomic E-state index is 9.67. The van der Waals surface area contributed by atoms with Gasteiger partial charge in [0.1, 0.15) is 18.2 Å². The number of hydrogen-bond donors (Lipinski definition) is 0. The van der Waals surface area contributed by atoms with Crippen molar-refractivity contribution in [3.05, 3.63) is 46.0 Å². The molecule has 120 valence electrons. The van der Waals surface area contributed by atoms with Crippen LogP contribution in [0.1, 0.15) is 67.3 Å². The third-order valence-corrected chi connectivity index (χ3v) is 4.44. The van der Waals surface area contributed by atoms with E-state index in [4.69, 9.17) is 0 Å². The maximum absolute atomic E-state index is 9.67. The number of benzene rings is 2. The van der Waals surface area contributed by atoms with Crippen LogP contribution in [0.3, 0.4) is 0 Å². The Balaban J connectivity index is 2.93. The van der Waals surface area contributed by atoms with Gasteiger partial charge in [-0.25, -0.2) is 0 Å². The number of rotatable bonds is 6. The molecule has 0 aliphatic heterocycles. The fourth-order valence-corrected chi connectivity index (χ4v) is 3.23. The Bertz CT molecular complexity index is 873. The number of fused-ring (bicyclic) bond motifs is 1. The molecule has 0 bridgehead atoms. The zero-order chi connectivity index (χ0) is 17.5. The van der Waals surface area contributed by atoms with E-state index in [0.717, 1.165) is 54.9 Å². The number of hydrogen-bond acceptors (Lipinski definition) is 3. The van der Waals surface area contributed by atoms with Crippen LogP contribution in [0.15, 0.2) is 18.2 Å². The fraction of sp³-hybridized carbons (Fsp3) is 0.381. The molecule has 0 atom stereocenters. The standard InChI is InChI=1S/C21H21N3/c1-3-5-8-15-9-7-11-17-19(13-23)20(14-24)18(12-22)16(21(15)17)10-6-4-2/h7,9,11H,3-6,8,10H2,1-2H3. The Hall–Kier alpha value is -2.83. The highest BCUT2D eigenvalue weighted by Crippen LogP contribution is 2.34. The molecule has 0 saturated heterocycles. The van der Waals surface area contributed by atoms with Gasteiger partial charge in [-0.1, -0.05) is 44.9 Å². The van der Waals surface area contributed by atoms with Crippen LogP contribution in [0.2, 0.25) is 0 Å². The summed E-state index contributed by atoms with van der Waals surface area (Å²) in [5, 5.41) is 30.6. The van der Waals surface area contributed by atoms with Gasteiger partial charge in [-0.05, 0) is 42.2 Å². The summed E-state index contributed by atoms with van der Waals surface area (Å²) in [5.41, 5.74) is 3.07. The van der Waals surface area contributed by atoms with Gasteiger partial charge in [-0.2, -0.15) is 15.8 Å². The Labute approximate surface area is 143 Å². The van der Waals surface area contributed by atoms with Gasteiger partial charge >= 0.3 is 0 Å². The summed E-state index contributed by atoms with van der Waals surface area (Å²) < 4.78 is 0. The second-order valence-corrected chi connectivity index (χ2v) is 5.99. The monoisotopic (exact) mass is 315 g/mol. The summed E-state index contributed by atoms with van der Waals surface area (Å²) >= 11 is 0. The van der Waals surface area contributed by atoms with Crippen LogP contribution in [0.5, 0.6) is 0 Å². The van der Waals surface area contributed by atoms with Gasteiger partial charge in [0.15, 0.2) is 0 Å². The molecule has 3 nitrogen and oxygen atoms in total. The van der Waals surface area contributed by atoms with Crippen LogP contribution in [0.4, 0.5) is 0 Å². The molecule has 0 N–H and O–H groups in total. The molecular weight excluding hydrogens is 294 g/mol. The van der Waals surface area contributed by atoms with Gasteiger partial charge in [-0.15, -0.1) is 0 Å². The molecule has 0 radical (unpaired) electrons. The molecular formula is C21H21N3. The van der Waals surface area contributed by atoms with Crippen molar-refractivity contribution in [1.29, 1.82) is 15.8 Å². The van der Waals surface area contributed by atoms with Crippen LogP contribution < -0.4 is 0 Å². The van der Waals surface area contributed by atoms with Crippen LogP contribution in [0, 0.1) is 34.0 Å². The van der Waals surface area contributed by atoms with Gasteiger partial charge in [0.05, 0.1) is 16.7 Å². The zero-order valence-electron chi connectivity index (χ0n) is 14.3. The Kier molecular flexibility index (Phi) is 5.95. The number of nitriles is 3. The zero-order valence-corrected chi connectivity index (χ0v) is 14.3. The smallest absolute Gasteiger partial charge is 0.102 e. The SMILES string of the molecule is CCCCc1cccc2c(C#N)c(C#N)c(C#N)c(CCCC)c12. The Morgan fingerprint density at radius 1 is 0.792 bits per heavy atom. The van der Waals surface area contributed by atoms with Crippen molar-refractivity contribution in [2.75, 3.05) is 0 Å². The van der Waals surface area contributed by atoms with Gasteiger partial charge in [-0.3, -0.25) is 0 Å². The summed E-state index contributed by atoms with van der Waals surface area (Å²) in [6.07, 6.45) is 5.82. The van der Waals surface area contributed by atoms with Crippen LogP contribution in [-0.2, 0) is 12.8 Å². The normalized spacial score (nSPS) is 10.1. The highest BCUT2D eigenvalue weighted by Gasteiger charge is 2.20. The molecule has 0 aliphatic rings. The molecule has 0 unspecified atom stereocenters. The first-order valence-electron chi connectivity index (χ1n) is 8.54. The summed E-state index contributed by atoms with van der Waals surface area (Å²) in [7, 11) is 0. The minimum Gasteiger partial charge on any atom is -0.192 e. The van der Waals surface area contributed by atoms with E-state index in [-0.39, 0.29) is 5.56 Å². The van der Waals surface area contributed by atoms with Crippen LogP contribution >= 0.6 is 0 Å². The number of unbranched alkanes of at least 4 members (excludes halogenated alkanes) is 2. The molecule has 0 fully saturated rings. The topological polar surface area (TPSA) is 71.4 Å². The first kappa shape index (κ1) is 17.5. The molecule has 2 aromatic carbocycles. The minimum absolute atomic E-state index is 0.228. The van der Waals surface area contributed by atoms with E-state index in [9.17, 15) is 15.8 Å². The molecule has 2 rings (SSSR count). The molecule has 3 heteroatoms. The predicted octanol–water partition coefficient (Wildman–Crippen LogP) is 5.14. The van der Waals surface area contributed by atoms with Gasteiger partial charge in [0.25, 0.3) is 0 Å². The van der Waals surface area contributed by atoms with Crippen molar-refractivity contribution in [3.63, 3.8) is 0 Å². The lowest BCUT2D eigenvalue weighted by molar-refractivity contribution is 0.788. The van der Waals surface area contributed by atoms with Crippen molar-refractivity contribution in [2.24, 2.45) is 0 Å². The Morgan fingerprint density at radius 3 is 2.00 bits per heavy atom. The number of nitrogens with zero attached hydrogens (tertiary/aromatic N) is 3. The van der Waals surface area contributed by atoms with E-state index >= 15 is 0 Å². The molecule has 0 aliphatic carbocycles. The highest BCUT2D eigenvalue weighted by atomic mass is 14.3. The summed E-state index contributed by atoms with van der Waals surface area (Å²) in [6, 6.07) is 12.4. The van der Waals surface area contributed by atoms with Crippen molar-refractivity contribution in [1.82, 2.24) is 0 Å². The first-order chi connectivity index (χ1) is 11.7. The van der Waals surface area contributed by atoms with E-state index in [1.165, 1.54) is 5.56 Å². The van der Waals surface area contributed by atoms with E-state index in [1.807, 2.05) is 12.1 Å². The fourth-order valence-electron chi connectivity index (χ4n) is 3.23. The molecule has 0 aromatic heterocycles. The second kappa shape index (κ2) is 8.14. The van der Waals surface area contributed by atoms with E-state index in [2.05, 4.69) is 38.1 Å². The molecule has 2 aromatic rings. The second-order valence-electron chi connectivity index (χ2n) is 5.99. The van der Waals surface area contributed by atoms with Crippen molar-refractivity contribution < 1.29 is 0 Å². The van der Waals surface area contributed by atoms with Gasteiger partial charge < -0.3 is 0 Å². The average Bonchev–Trinajstić information content (AvgIpc) is 2.62. The van der Waals surface area contributed by atoms with Crippen LogP contribution in [-0.4, -0.2) is 0 Å². The summed E-state index contributed by atoms with van der Waals surface area (Å²) in [6.45, 7) is 4.26. The lowest BCUT2D eigenvalue weighted by atomic mass is 9.85. The highest BCUT2D eigenvalue weighted by molar-refractivity contribution is 5.97. The molecule has 0 spiro atoms. The third kappa shape index (κ3) is 3.10. The van der Waals surface area contributed by atoms with E-state index in [0.29, 0.717) is 11.1 Å². The lowest BCUT2D eigenvalue weighted by Gasteiger charge is -2.16. The molecule has 24 heavy (non-hydrogen) atoms. The predicted molar refractivity (Wildman–Crippen MR) is 95.3 cm³/mol. The van der Waals surface area contributed by atoms with Crippen molar-refractivity contribution >= 4 is 10.8 Å². The average molecular weight is 315 g/mol. The van der Waals surface area contributed by atoms with Crippen molar-refractivity contribution in [3.8, 4) is 18.2 Å². The minimum atomic E-state index is 0.228. The van der Waals surface area contributed by atoms with Gasteiger partial charge in [0.2, 0.25) is 0 Å². The molecule has 0 amide bonds. The summed E-state index contributed by atoms with van der Waals surface area (Å²) in [4.78, 5) is 0. The first-order valence-corrected chi connectivity index (χ1v) is 8.54. The molecule has 0 saturated carbocycles. The maximum Gasteiger partial charge on any atom is 0.102 e. The largest absolute Gasteiger partial charge is 0.192 e. The lowest BCUT2D eigenvalue weighted by Crippen LogP contribution is -2.03. The Morgan fingerprint density at radius 2 is 1.42 bits per heavy atom. The van der Waals surface area contributed by atoms with E-state index in [1.54, 1.807) is 0 Å². The van der Waals surface area contributed by atoms with Crippen LogP contribution in [0.25, 0.3) is 10.8 Å². The van der Waals surface area contributed by atoms with Gasteiger partial charge in [0, 0.05) is 5.39 Å². The third-order valence-electron chi connectivity index (χ3n) is 4.44. The summed E-state index contributed by atoms with van der Waals surface area (Å²) in [5.74, 6) is 0. The quantitative estimate of drug-likeness (QED) is 0.741.